The molecule has 0 radical (unpaired) electrons. The molecule has 2 fully saturated rings. The second kappa shape index (κ2) is 4.69. The first-order chi connectivity index (χ1) is 8.65. The van der Waals surface area contributed by atoms with E-state index in [0.717, 1.165) is 18.4 Å². The summed E-state index contributed by atoms with van der Waals surface area (Å²) in [6.07, 6.45) is 4.58. The van der Waals surface area contributed by atoms with Crippen molar-refractivity contribution in [1.82, 2.24) is 10.2 Å². The van der Waals surface area contributed by atoms with Crippen molar-refractivity contribution in [3.63, 3.8) is 0 Å². The molecule has 4 nitrogen and oxygen atoms in total. The van der Waals surface area contributed by atoms with Crippen LogP contribution in [-0.4, -0.2) is 12.1 Å². The van der Waals surface area contributed by atoms with Gasteiger partial charge in [0.1, 0.15) is 5.75 Å². The van der Waals surface area contributed by atoms with E-state index in [4.69, 9.17) is 4.52 Å². The number of rotatable bonds is 2. The van der Waals surface area contributed by atoms with Crippen molar-refractivity contribution in [1.29, 1.82) is 0 Å². The van der Waals surface area contributed by atoms with Crippen LogP contribution in [0.1, 0.15) is 31.2 Å². The van der Waals surface area contributed by atoms with Gasteiger partial charge in [0, 0.05) is 12.1 Å². The lowest BCUT2D eigenvalue weighted by atomic mass is 9.92. The third kappa shape index (κ3) is 2.46. The van der Waals surface area contributed by atoms with Crippen molar-refractivity contribution >= 4 is 7.67 Å². The molecule has 0 aromatic heterocycles. The van der Waals surface area contributed by atoms with Gasteiger partial charge in [-0.1, -0.05) is 25.0 Å². The average molecular weight is 266 g/mol. The maximum Gasteiger partial charge on any atom is 0.391 e. The lowest BCUT2D eigenvalue weighted by molar-refractivity contribution is 0.374. The van der Waals surface area contributed by atoms with Crippen LogP contribution in [0.15, 0.2) is 24.3 Å². The summed E-state index contributed by atoms with van der Waals surface area (Å²) in [7, 11) is -2.92. The van der Waals surface area contributed by atoms with E-state index < -0.39 is 7.67 Å². The molecule has 0 spiro atoms. The number of nitrogens with one attached hydrogen (secondary N) is 2. The second-order valence-electron chi connectivity index (χ2n) is 5.21. The predicted molar refractivity (Wildman–Crippen MR) is 71.7 cm³/mol. The quantitative estimate of drug-likeness (QED) is 0.808. The molecule has 1 aromatic rings. The summed E-state index contributed by atoms with van der Waals surface area (Å²) in [5, 5.41) is 6.32. The second-order valence-corrected chi connectivity index (χ2v) is 7.02. The fourth-order valence-corrected chi connectivity index (χ4v) is 4.87. The van der Waals surface area contributed by atoms with Gasteiger partial charge in [-0.3, -0.25) is 0 Å². The van der Waals surface area contributed by atoms with Crippen LogP contribution in [0.25, 0.3) is 0 Å². The standard InChI is InChI=1S/C13H19N2O2P/c1-10-5-4-6-11(9-10)17-18(16)14-12-7-2-3-8-13(12)15-18/h4-6,9,12-13H,2-3,7-8H2,1H3,(H2,14,15,16). The highest BCUT2D eigenvalue weighted by atomic mass is 31.2. The molecule has 2 atom stereocenters. The summed E-state index contributed by atoms with van der Waals surface area (Å²) in [5.41, 5.74) is 1.11. The molecule has 3 rings (SSSR count). The first-order valence-corrected chi connectivity index (χ1v) is 8.19. The number of aryl methyl sites for hydroxylation is 1. The average Bonchev–Trinajstić information content (AvgIpc) is 2.64. The van der Waals surface area contributed by atoms with Crippen LogP contribution in [0.4, 0.5) is 0 Å². The van der Waals surface area contributed by atoms with Gasteiger partial charge in [-0.2, -0.15) is 0 Å². The maximum absolute atomic E-state index is 12.6. The largest absolute Gasteiger partial charge is 0.422 e. The number of hydrogen-bond donors (Lipinski definition) is 2. The zero-order chi connectivity index (χ0) is 12.6. The van der Waals surface area contributed by atoms with Crippen molar-refractivity contribution in [3.05, 3.63) is 29.8 Å². The van der Waals surface area contributed by atoms with Crippen LogP contribution in [0.3, 0.4) is 0 Å². The summed E-state index contributed by atoms with van der Waals surface area (Å²) in [4.78, 5) is 0. The minimum atomic E-state index is -2.92. The van der Waals surface area contributed by atoms with E-state index in [1.165, 1.54) is 12.8 Å². The molecule has 1 aliphatic heterocycles. The van der Waals surface area contributed by atoms with E-state index in [-0.39, 0.29) is 0 Å². The van der Waals surface area contributed by atoms with Gasteiger partial charge in [-0.15, -0.1) is 0 Å². The van der Waals surface area contributed by atoms with Gasteiger partial charge < -0.3 is 4.52 Å². The maximum atomic E-state index is 12.6. The summed E-state index contributed by atoms with van der Waals surface area (Å²) >= 11 is 0. The van der Waals surface area contributed by atoms with E-state index in [1.54, 1.807) is 0 Å². The summed E-state index contributed by atoms with van der Waals surface area (Å²) in [6.45, 7) is 2.00. The fourth-order valence-electron chi connectivity index (χ4n) is 2.79. The molecule has 1 saturated carbocycles. The van der Waals surface area contributed by atoms with Crippen molar-refractivity contribution in [2.75, 3.05) is 0 Å². The van der Waals surface area contributed by atoms with Crippen molar-refractivity contribution in [3.8, 4) is 5.75 Å². The predicted octanol–water partition coefficient (Wildman–Crippen LogP) is 2.99. The molecule has 0 amide bonds. The van der Waals surface area contributed by atoms with E-state index in [9.17, 15) is 4.57 Å². The lowest BCUT2D eigenvalue weighted by Gasteiger charge is -2.22. The van der Waals surface area contributed by atoms with E-state index in [2.05, 4.69) is 10.2 Å². The van der Waals surface area contributed by atoms with Crippen LogP contribution >= 0.6 is 7.67 Å². The first-order valence-electron chi connectivity index (χ1n) is 6.57. The monoisotopic (exact) mass is 266 g/mol. The number of fused-ring (bicyclic) bond motifs is 1. The molecule has 1 heterocycles. The fraction of sp³-hybridized carbons (Fsp3) is 0.538. The number of hydrogen-bond acceptors (Lipinski definition) is 2. The Hall–Kier alpha value is -0.830. The zero-order valence-electron chi connectivity index (χ0n) is 10.6. The molecule has 0 bridgehead atoms. The van der Waals surface area contributed by atoms with Crippen LogP contribution in [0, 0.1) is 6.92 Å². The molecule has 98 valence electrons. The van der Waals surface area contributed by atoms with Gasteiger partial charge >= 0.3 is 7.67 Å². The van der Waals surface area contributed by atoms with Gasteiger partial charge in [0.05, 0.1) is 0 Å². The first kappa shape index (κ1) is 12.2. The molecular weight excluding hydrogens is 247 g/mol. The highest BCUT2D eigenvalue weighted by Gasteiger charge is 2.43. The molecule has 1 saturated heterocycles. The van der Waals surface area contributed by atoms with Crippen molar-refractivity contribution < 1.29 is 9.09 Å². The summed E-state index contributed by atoms with van der Waals surface area (Å²) in [6, 6.07) is 8.27. The van der Waals surface area contributed by atoms with Crippen LogP contribution in [0.5, 0.6) is 5.75 Å². The topological polar surface area (TPSA) is 50.4 Å². The molecule has 2 unspecified atom stereocenters. The minimum Gasteiger partial charge on any atom is -0.422 e. The molecule has 5 heteroatoms. The Balaban J connectivity index is 1.74. The van der Waals surface area contributed by atoms with E-state index in [1.807, 2.05) is 31.2 Å². The van der Waals surface area contributed by atoms with E-state index >= 15 is 0 Å². The molecule has 2 N–H and O–H groups in total. The smallest absolute Gasteiger partial charge is 0.391 e. The number of benzene rings is 1. The van der Waals surface area contributed by atoms with Crippen LogP contribution in [0.2, 0.25) is 0 Å². The van der Waals surface area contributed by atoms with Crippen molar-refractivity contribution in [2.45, 2.75) is 44.7 Å². The normalized spacial score (nSPS) is 35.2. The summed E-state index contributed by atoms with van der Waals surface area (Å²) in [5.74, 6) is 0.664. The van der Waals surface area contributed by atoms with Gasteiger partial charge in [0.25, 0.3) is 0 Å². The molecule has 1 aromatic carbocycles. The Kier molecular flexibility index (Phi) is 3.18. The lowest BCUT2D eigenvalue weighted by Crippen LogP contribution is -2.36. The van der Waals surface area contributed by atoms with Gasteiger partial charge in [-0.25, -0.2) is 14.7 Å². The van der Waals surface area contributed by atoms with E-state index in [0.29, 0.717) is 17.8 Å². The summed E-state index contributed by atoms with van der Waals surface area (Å²) < 4.78 is 18.3. The SMILES string of the molecule is Cc1cccc(OP2(=O)NC3CCCCC3N2)c1. The highest BCUT2D eigenvalue weighted by Crippen LogP contribution is 2.47. The van der Waals surface area contributed by atoms with Gasteiger partial charge in [-0.05, 0) is 37.5 Å². The molecule has 2 aliphatic rings. The Morgan fingerprint density at radius 3 is 2.50 bits per heavy atom. The third-order valence-corrected chi connectivity index (χ3v) is 5.47. The van der Waals surface area contributed by atoms with Crippen LogP contribution in [-0.2, 0) is 4.57 Å². The Morgan fingerprint density at radius 1 is 1.22 bits per heavy atom. The molecular formula is C13H19N2O2P. The van der Waals surface area contributed by atoms with Crippen molar-refractivity contribution in [2.24, 2.45) is 0 Å². The Labute approximate surface area is 108 Å². The van der Waals surface area contributed by atoms with Gasteiger partial charge in [0.2, 0.25) is 0 Å². The van der Waals surface area contributed by atoms with Crippen LogP contribution < -0.4 is 14.7 Å². The Morgan fingerprint density at radius 2 is 1.89 bits per heavy atom. The van der Waals surface area contributed by atoms with Gasteiger partial charge in [0.15, 0.2) is 0 Å². The third-order valence-electron chi connectivity index (χ3n) is 3.66. The zero-order valence-corrected chi connectivity index (χ0v) is 11.5. The Bertz CT molecular complexity index is 474. The highest BCUT2D eigenvalue weighted by molar-refractivity contribution is 7.55. The molecule has 1 aliphatic carbocycles. The minimum absolute atomic E-state index is 0.300. The molecule has 18 heavy (non-hydrogen) atoms.